The van der Waals surface area contributed by atoms with Crippen LogP contribution in [0.2, 0.25) is 0 Å². The first-order valence-electron chi connectivity index (χ1n) is 8.40. The minimum absolute atomic E-state index is 0. The average Bonchev–Trinajstić information content (AvgIpc) is 2.61. The standard InChI is InChI=1S/C19H26N3O.BrH/c1-2-22(17-11-18-9-12-20-13-10-18)19(23)8-4-7-16-21-14-5-3-6-15-21;/h3,5-6,9-10,12-15H,2,4,7-8,11,16-17H2,1H3;1H/q+1;/p-1. The summed E-state index contributed by atoms with van der Waals surface area (Å²) in [6.45, 7) is 4.58. The minimum Gasteiger partial charge on any atom is -1.00 e. The molecule has 0 aliphatic heterocycles. The number of nitrogens with zero attached hydrogens (tertiary/aromatic N) is 3. The average molecular weight is 392 g/mol. The highest BCUT2D eigenvalue weighted by molar-refractivity contribution is 5.76. The Morgan fingerprint density at radius 2 is 1.83 bits per heavy atom. The van der Waals surface area contributed by atoms with Crippen LogP contribution in [0.4, 0.5) is 0 Å². The van der Waals surface area contributed by atoms with Gasteiger partial charge in [0.05, 0.1) is 0 Å². The summed E-state index contributed by atoms with van der Waals surface area (Å²) >= 11 is 0. The lowest BCUT2D eigenvalue weighted by molar-refractivity contribution is -0.697. The summed E-state index contributed by atoms with van der Waals surface area (Å²) in [5.74, 6) is 0.264. The van der Waals surface area contributed by atoms with E-state index in [1.165, 1.54) is 5.56 Å². The van der Waals surface area contributed by atoms with Gasteiger partial charge < -0.3 is 21.9 Å². The van der Waals surface area contributed by atoms with Crippen molar-refractivity contribution in [2.24, 2.45) is 0 Å². The third-order valence-electron chi connectivity index (χ3n) is 3.99. The molecule has 130 valence electrons. The Hall–Kier alpha value is -1.75. The number of carbonyl (C=O) groups excluding carboxylic acids is 1. The quantitative estimate of drug-likeness (QED) is 0.432. The highest BCUT2D eigenvalue weighted by Crippen LogP contribution is 2.04. The smallest absolute Gasteiger partial charge is 0.222 e. The Morgan fingerprint density at radius 1 is 1.12 bits per heavy atom. The first-order valence-corrected chi connectivity index (χ1v) is 8.40. The fraction of sp³-hybridized carbons (Fsp3) is 0.421. The van der Waals surface area contributed by atoms with Gasteiger partial charge in [0.1, 0.15) is 6.54 Å². The molecule has 1 amide bonds. The van der Waals surface area contributed by atoms with Gasteiger partial charge in [-0.3, -0.25) is 9.78 Å². The molecule has 5 heteroatoms. The molecule has 0 saturated heterocycles. The third-order valence-corrected chi connectivity index (χ3v) is 3.99. The van der Waals surface area contributed by atoms with Crippen LogP contribution in [-0.4, -0.2) is 28.9 Å². The van der Waals surface area contributed by atoms with Gasteiger partial charge >= 0.3 is 0 Å². The van der Waals surface area contributed by atoms with E-state index in [9.17, 15) is 4.79 Å². The molecule has 0 fully saturated rings. The molecule has 2 rings (SSSR count). The molecule has 0 aromatic carbocycles. The van der Waals surface area contributed by atoms with Gasteiger partial charge in [-0.1, -0.05) is 6.07 Å². The number of aromatic nitrogens is 2. The van der Waals surface area contributed by atoms with Gasteiger partial charge in [0, 0.05) is 50.5 Å². The summed E-state index contributed by atoms with van der Waals surface area (Å²) < 4.78 is 2.16. The molecule has 2 aromatic rings. The molecule has 0 aliphatic rings. The van der Waals surface area contributed by atoms with E-state index in [1.807, 2.05) is 42.2 Å². The number of halogens is 1. The molecular weight excluding hydrogens is 366 g/mol. The predicted octanol–water partition coefficient (Wildman–Crippen LogP) is -0.365. The molecule has 2 aromatic heterocycles. The van der Waals surface area contributed by atoms with Crippen molar-refractivity contribution in [1.82, 2.24) is 9.88 Å². The van der Waals surface area contributed by atoms with Gasteiger partial charge in [-0.15, -0.1) is 0 Å². The summed E-state index contributed by atoms with van der Waals surface area (Å²) in [5, 5.41) is 0. The molecule has 2 heterocycles. The third kappa shape index (κ3) is 7.21. The Bertz CT molecular complexity index is 578. The molecule has 4 nitrogen and oxygen atoms in total. The van der Waals surface area contributed by atoms with E-state index in [4.69, 9.17) is 0 Å². The molecule has 0 unspecified atom stereocenters. The predicted molar refractivity (Wildman–Crippen MR) is 90.7 cm³/mol. The van der Waals surface area contributed by atoms with Crippen molar-refractivity contribution in [1.29, 1.82) is 0 Å². The fourth-order valence-electron chi connectivity index (χ4n) is 2.58. The maximum Gasteiger partial charge on any atom is 0.222 e. The van der Waals surface area contributed by atoms with Crippen LogP contribution >= 0.6 is 0 Å². The largest absolute Gasteiger partial charge is 1.00 e. The SMILES string of the molecule is CCN(CCc1ccncc1)C(=O)CCCC[n+]1ccccc1.[Br-]. The van der Waals surface area contributed by atoms with Gasteiger partial charge in [0.25, 0.3) is 0 Å². The van der Waals surface area contributed by atoms with Gasteiger partial charge in [0.2, 0.25) is 5.91 Å². The molecule has 0 spiro atoms. The number of aryl methyl sites for hydroxylation is 1. The number of carbonyl (C=O) groups is 1. The van der Waals surface area contributed by atoms with Crippen LogP contribution in [0, 0.1) is 0 Å². The second-order valence-corrected chi connectivity index (χ2v) is 5.65. The maximum atomic E-state index is 12.3. The monoisotopic (exact) mass is 391 g/mol. The van der Waals surface area contributed by atoms with Gasteiger partial charge in [0.15, 0.2) is 12.4 Å². The van der Waals surface area contributed by atoms with Gasteiger partial charge in [-0.25, -0.2) is 4.57 Å². The number of pyridine rings is 2. The molecule has 0 saturated carbocycles. The van der Waals surface area contributed by atoms with Crippen molar-refractivity contribution in [3.8, 4) is 0 Å². The van der Waals surface area contributed by atoms with Crippen LogP contribution in [-0.2, 0) is 17.8 Å². The Morgan fingerprint density at radius 3 is 2.50 bits per heavy atom. The first-order chi connectivity index (χ1) is 11.3. The Kier molecular flexibility index (Phi) is 9.92. The van der Waals surface area contributed by atoms with Crippen molar-refractivity contribution in [3.05, 3.63) is 60.7 Å². The summed E-state index contributed by atoms with van der Waals surface area (Å²) in [5.41, 5.74) is 1.23. The molecule has 0 N–H and O–H groups in total. The molecular formula is C19H26BrN3O. The zero-order valence-electron chi connectivity index (χ0n) is 14.3. The maximum absolute atomic E-state index is 12.3. The highest BCUT2D eigenvalue weighted by atomic mass is 79.9. The van der Waals surface area contributed by atoms with Crippen molar-refractivity contribution in [2.45, 2.75) is 39.2 Å². The van der Waals surface area contributed by atoms with Crippen LogP contribution in [0.5, 0.6) is 0 Å². The zero-order valence-corrected chi connectivity index (χ0v) is 15.9. The molecule has 0 aliphatic carbocycles. The molecule has 0 radical (unpaired) electrons. The van der Waals surface area contributed by atoms with Gasteiger partial charge in [-0.2, -0.15) is 0 Å². The second kappa shape index (κ2) is 11.7. The van der Waals surface area contributed by atoms with Crippen LogP contribution in [0.1, 0.15) is 31.7 Å². The minimum atomic E-state index is 0. The number of unbranched alkanes of at least 4 members (excludes halogenated alkanes) is 1. The molecule has 0 atom stereocenters. The van der Waals surface area contributed by atoms with Crippen LogP contribution in [0.15, 0.2) is 55.1 Å². The topological polar surface area (TPSA) is 37.1 Å². The second-order valence-electron chi connectivity index (χ2n) is 5.65. The summed E-state index contributed by atoms with van der Waals surface area (Å²) in [7, 11) is 0. The van der Waals surface area contributed by atoms with E-state index < -0.39 is 0 Å². The summed E-state index contributed by atoms with van der Waals surface area (Å²) in [6, 6.07) is 10.1. The number of rotatable bonds is 9. The van der Waals surface area contributed by atoms with E-state index in [0.717, 1.165) is 38.9 Å². The molecule has 0 bridgehead atoms. The van der Waals surface area contributed by atoms with Crippen molar-refractivity contribution in [3.63, 3.8) is 0 Å². The van der Waals surface area contributed by atoms with Crippen molar-refractivity contribution < 1.29 is 26.3 Å². The molecule has 24 heavy (non-hydrogen) atoms. The first kappa shape index (κ1) is 20.3. The van der Waals surface area contributed by atoms with E-state index in [0.29, 0.717) is 6.42 Å². The number of amides is 1. The summed E-state index contributed by atoms with van der Waals surface area (Å²) in [4.78, 5) is 18.3. The van der Waals surface area contributed by atoms with Crippen molar-refractivity contribution in [2.75, 3.05) is 13.1 Å². The van der Waals surface area contributed by atoms with Crippen LogP contribution in [0.25, 0.3) is 0 Å². The van der Waals surface area contributed by atoms with Gasteiger partial charge in [-0.05, 0) is 37.5 Å². The van der Waals surface area contributed by atoms with E-state index in [2.05, 4.69) is 21.9 Å². The lowest BCUT2D eigenvalue weighted by Gasteiger charge is -2.20. The number of hydrogen-bond acceptors (Lipinski definition) is 2. The zero-order chi connectivity index (χ0) is 16.3. The van der Waals surface area contributed by atoms with Crippen molar-refractivity contribution >= 4 is 5.91 Å². The van der Waals surface area contributed by atoms with E-state index in [1.54, 1.807) is 12.4 Å². The van der Waals surface area contributed by atoms with Crippen LogP contribution in [0.3, 0.4) is 0 Å². The lowest BCUT2D eigenvalue weighted by atomic mass is 10.1. The lowest BCUT2D eigenvalue weighted by Crippen LogP contribution is -3.00. The van der Waals surface area contributed by atoms with E-state index >= 15 is 0 Å². The Balaban J connectivity index is 0.00000288. The number of likely N-dealkylation sites (N-methyl/N-ethyl adjacent to an activating group) is 1. The normalized spacial score (nSPS) is 10.0. The highest BCUT2D eigenvalue weighted by Gasteiger charge is 2.11. The fourth-order valence-corrected chi connectivity index (χ4v) is 2.58. The number of hydrogen-bond donors (Lipinski definition) is 0. The van der Waals surface area contributed by atoms with E-state index in [-0.39, 0.29) is 22.9 Å². The Labute approximate surface area is 155 Å². The summed E-state index contributed by atoms with van der Waals surface area (Å²) in [6.07, 6.45) is 11.2. The van der Waals surface area contributed by atoms with Crippen LogP contribution < -0.4 is 21.5 Å².